The lowest BCUT2D eigenvalue weighted by atomic mass is 10.5. The average molecular weight is 314 g/mol. The SMILES string of the molecule is COc1nccc(I)c1Br. The van der Waals surface area contributed by atoms with E-state index in [1.54, 1.807) is 13.3 Å². The molecule has 0 bridgehead atoms. The van der Waals surface area contributed by atoms with Crippen LogP contribution >= 0.6 is 38.5 Å². The van der Waals surface area contributed by atoms with Crippen LogP contribution in [0.25, 0.3) is 0 Å². The highest BCUT2D eigenvalue weighted by Gasteiger charge is 2.02. The molecule has 0 saturated carbocycles. The standard InChI is InChI=1S/C6H5BrINO/c1-10-6-5(7)4(8)2-3-9-6/h2-3H,1H3. The molecule has 1 aromatic heterocycles. The number of ether oxygens (including phenoxy) is 1. The molecule has 54 valence electrons. The van der Waals surface area contributed by atoms with Gasteiger partial charge in [-0.1, -0.05) is 0 Å². The van der Waals surface area contributed by atoms with Crippen molar-refractivity contribution in [3.8, 4) is 5.88 Å². The summed E-state index contributed by atoms with van der Waals surface area (Å²) in [5.41, 5.74) is 0. The molecule has 0 N–H and O–H groups in total. The number of halogens is 2. The van der Waals surface area contributed by atoms with Crippen LogP contribution in [0.4, 0.5) is 0 Å². The van der Waals surface area contributed by atoms with Gasteiger partial charge in [0.2, 0.25) is 5.88 Å². The second-order valence-corrected chi connectivity index (χ2v) is 3.57. The quantitative estimate of drug-likeness (QED) is 0.743. The van der Waals surface area contributed by atoms with Gasteiger partial charge in [0.15, 0.2) is 0 Å². The highest BCUT2D eigenvalue weighted by Crippen LogP contribution is 2.26. The lowest BCUT2D eigenvalue weighted by molar-refractivity contribution is 0.394. The molecule has 1 rings (SSSR count). The highest BCUT2D eigenvalue weighted by atomic mass is 127. The zero-order valence-corrected chi connectivity index (χ0v) is 9.01. The van der Waals surface area contributed by atoms with Gasteiger partial charge in [-0.25, -0.2) is 4.98 Å². The Morgan fingerprint density at radius 2 is 2.40 bits per heavy atom. The molecule has 0 unspecified atom stereocenters. The van der Waals surface area contributed by atoms with Crippen molar-refractivity contribution in [1.29, 1.82) is 0 Å². The lowest BCUT2D eigenvalue weighted by Crippen LogP contribution is -1.89. The predicted molar refractivity (Wildman–Crippen MR) is 51.2 cm³/mol. The molecule has 10 heavy (non-hydrogen) atoms. The molecule has 0 fully saturated rings. The third kappa shape index (κ3) is 1.60. The zero-order chi connectivity index (χ0) is 7.56. The first-order chi connectivity index (χ1) is 4.75. The summed E-state index contributed by atoms with van der Waals surface area (Å²) < 4.78 is 6.98. The molecule has 0 amide bonds. The van der Waals surface area contributed by atoms with Crippen LogP contribution in [0.5, 0.6) is 5.88 Å². The molecule has 1 aromatic rings. The van der Waals surface area contributed by atoms with E-state index in [-0.39, 0.29) is 0 Å². The predicted octanol–water partition coefficient (Wildman–Crippen LogP) is 2.46. The van der Waals surface area contributed by atoms with Gasteiger partial charge in [-0.3, -0.25) is 0 Å². The summed E-state index contributed by atoms with van der Waals surface area (Å²) >= 11 is 5.55. The van der Waals surface area contributed by atoms with Crippen LogP contribution in [0.2, 0.25) is 0 Å². The van der Waals surface area contributed by atoms with Crippen molar-refractivity contribution in [2.75, 3.05) is 7.11 Å². The zero-order valence-electron chi connectivity index (χ0n) is 5.27. The molecule has 1 heterocycles. The van der Waals surface area contributed by atoms with Gasteiger partial charge in [0.05, 0.1) is 11.6 Å². The van der Waals surface area contributed by atoms with Gasteiger partial charge in [0.25, 0.3) is 0 Å². The number of nitrogens with zero attached hydrogens (tertiary/aromatic N) is 1. The van der Waals surface area contributed by atoms with Crippen LogP contribution < -0.4 is 4.74 Å². The Hall–Kier alpha value is 0.160. The summed E-state index contributed by atoms with van der Waals surface area (Å²) in [7, 11) is 1.60. The van der Waals surface area contributed by atoms with Gasteiger partial charge in [-0.05, 0) is 44.6 Å². The maximum absolute atomic E-state index is 4.96. The first-order valence-corrected chi connectivity index (χ1v) is 4.47. The number of methoxy groups -OCH3 is 1. The number of hydrogen-bond acceptors (Lipinski definition) is 2. The van der Waals surface area contributed by atoms with Crippen molar-refractivity contribution in [2.24, 2.45) is 0 Å². The number of hydrogen-bond donors (Lipinski definition) is 0. The minimum absolute atomic E-state index is 0.631. The first-order valence-electron chi connectivity index (χ1n) is 2.59. The van der Waals surface area contributed by atoms with Crippen molar-refractivity contribution in [3.05, 3.63) is 20.3 Å². The molecule has 0 spiro atoms. The van der Waals surface area contributed by atoms with E-state index in [2.05, 4.69) is 43.5 Å². The Labute approximate surface area is 81.3 Å². The summed E-state index contributed by atoms with van der Waals surface area (Å²) in [5, 5.41) is 0. The topological polar surface area (TPSA) is 22.1 Å². The van der Waals surface area contributed by atoms with Crippen LogP contribution in [-0.2, 0) is 0 Å². The van der Waals surface area contributed by atoms with Crippen LogP contribution in [0.1, 0.15) is 0 Å². The maximum Gasteiger partial charge on any atom is 0.228 e. The summed E-state index contributed by atoms with van der Waals surface area (Å²) in [6, 6.07) is 1.91. The molecule has 2 nitrogen and oxygen atoms in total. The van der Waals surface area contributed by atoms with E-state index in [0.717, 1.165) is 8.04 Å². The van der Waals surface area contributed by atoms with Crippen molar-refractivity contribution in [1.82, 2.24) is 4.98 Å². The van der Waals surface area contributed by atoms with E-state index in [9.17, 15) is 0 Å². The van der Waals surface area contributed by atoms with Crippen LogP contribution in [0.3, 0.4) is 0 Å². The summed E-state index contributed by atoms with van der Waals surface area (Å²) in [6.45, 7) is 0. The molecule has 0 aliphatic rings. The molecule has 0 radical (unpaired) electrons. The molecule has 4 heteroatoms. The number of pyridine rings is 1. The van der Waals surface area contributed by atoms with Gasteiger partial charge in [-0.15, -0.1) is 0 Å². The Bertz CT molecular complexity index is 241. The summed E-state index contributed by atoms with van der Waals surface area (Å²) in [6.07, 6.45) is 1.71. The minimum Gasteiger partial charge on any atom is -0.480 e. The lowest BCUT2D eigenvalue weighted by Gasteiger charge is -2.01. The van der Waals surface area contributed by atoms with E-state index in [0.29, 0.717) is 5.88 Å². The molecule has 0 aromatic carbocycles. The van der Waals surface area contributed by atoms with Gasteiger partial charge in [0, 0.05) is 9.77 Å². The fourth-order valence-electron chi connectivity index (χ4n) is 0.545. The van der Waals surface area contributed by atoms with Gasteiger partial charge in [-0.2, -0.15) is 0 Å². The van der Waals surface area contributed by atoms with E-state index >= 15 is 0 Å². The third-order valence-corrected chi connectivity index (χ3v) is 3.41. The van der Waals surface area contributed by atoms with E-state index in [1.165, 1.54) is 0 Å². The van der Waals surface area contributed by atoms with Crippen molar-refractivity contribution in [2.45, 2.75) is 0 Å². The highest BCUT2D eigenvalue weighted by molar-refractivity contribution is 14.1. The van der Waals surface area contributed by atoms with E-state index in [4.69, 9.17) is 4.74 Å². The minimum atomic E-state index is 0.631. The molecular weight excluding hydrogens is 309 g/mol. The Morgan fingerprint density at radius 1 is 1.70 bits per heavy atom. The molecular formula is C6H5BrINO. The largest absolute Gasteiger partial charge is 0.480 e. The Kier molecular flexibility index (Phi) is 2.91. The average Bonchev–Trinajstić information content (AvgIpc) is 1.95. The van der Waals surface area contributed by atoms with Crippen LogP contribution in [0, 0.1) is 3.57 Å². The maximum atomic E-state index is 4.96. The molecule has 0 saturated heterocycles. The smallest absolute Gasteiger partial charge is 0.228 e. The Morgan fingerprint density at radius 3 is 2.90 bits per heavy atom. The fraction of sp³-hybridized carbons (Fsp3) is 0.167. The third-order valence-electron chi connectivity index (χ3n) is 1.00. The molecule has 0 aliphatic carbocycles. The second-order valence-electron chi connectivity index (χ2n) is 1.62. The van der Waals surface area contributed by atoms with E-state index in [1.807, 2.05) is 6.07 Å². The molecule has 0 atom stereocenters. The summed E-state index contributed by atoms with van der Waals surface area (Å²) in [5.74, 6) is 0.631. The van der Waals surface area contributed by atoms with Crippen LogP contribution in [-0.4, -0.2) is 12.1 Å². The normalized spacial score (nSPS) is 9.50. The van der Waals surface area contributed by atoms with Crippen molar-refractivity contribution in [3.63, 3.8) is 0 Å². The van der Waals surface area contributed by atoms with Gasteiger partial charge in [0.1, 0.15) is 0 Å². The van der Waals surface area contributed by atoms with Gasteiger partial charge >= 0.3 is 0 Å². The number of rotatable bonds is 1. The van der Waals surface area contributed by atoms with E-state index < -0.39 is 0 Å². The number of aromatic nitrogens is 1. The van der Waals surface area contributed by atoms with Gasteiger partial charge < -0.3 is 4.74 Å². The first kappa shape index (κ1) is 8.26. The molecule has 0 aliphatic heterocycles. The van der Waals surface area contributed by atoms with Crippen molar-refractivity contribution < 1.29 is 4.74 Å². The Balaban J connectivity index is 3.14. The monoisotopic (exact) mass is 313 g/mol. The van der Waals surface area contributed by atoms with Crippen LogP contribution in [0.15, 0.2) is 16.7 Å². The van der Waals surface area contributed by atoms with Crippen molar-refractivity contribution >= 4 is 38.5 Å². The summed E-state index contributed by atoms with van der Waals surface area (Å²) in [4.78, 5) is 3.98. The fourth-order valence-corrected chi connectivity index (χ4v) is 1.33. The second kappa shape index (κ2) is 3.52.